The monoisotopic (exact) mass is 289 g/mol. The SMILES string of the molecule is CNc1cc(OCC2CC=CCC2C)nc(C(C)(C)C)n1. The summed E-state index contributed by atoms with van der Waals surface area (Å²) in [5, 5.41) is 3.08. The first kappa shape index (κ1) is 15.8. The lowest BCUT2D eigenvalue weighted by atomic mass is 9.85. The summed E-state index contributed by atoms with van der Waals surface area (Å²) < 4.78 is 5.97. The van der Waals surface area contributed by atoms with E-state index in [1.54, 1.807) is 0 Å². The summed E-state index contributed by atoms with van der Waals surface area (Å²) >= 11 is 0. The highest BCUT2D eigenvalue weighted by Gasteiger charge is 2.21. The van der Waals surface area contributed by atoms with Gasteiger partial charge >= 0.3 is 0 Å². The number of hydrogen-bond acceptors (Lipinski definition) is 4. The van der Waals surface area contributed by atoms with Crippen LogP contribution in [0.1, 0.15) is 46.4 Å². The van der Waals surface area contributed by atoms with Crippen molar-refractivity contribution >= 4 is 5.82 Å². The summed E-state index contributed by atoms with van der Waals surface area (Å²) in [6, 6.07) is 1.87. The van der Waals surface area contributed by atoms with E-state index in [4.69, 9.17) is 4.74 Å². The summed E-state index contributed by atoms with van der Waals surface area (Å²) in [4.78, 5) is 9.09. The maximum atomic E-state index is 5.97. The molecule has 0 aromatic carbocycles. The Balaban J connectivity index is 2.10. The number of nitrogens with zero attached hydrogens (tertiary/aromatic N) is 2. The number of rotatable bonds is 4. The van der Waals surface area contributed by atoms with Gasteiger partial charge in [-0.15, -0.1) is 0 Å². The predicted octanol–water partition coefficient (Wildman–Crippen LogP) is 3.80. The molecule has 4 nitrogen and oxygen atoms in total. The average Bonchev–Trinajstić information content (AvgIpc) is 2.45. The molecule has 0 bridgehead atoms. The fourth-order valence-electron chi connectivity index (χ4n) is 2.39. The van der Waals surface area contributed by atoms with Gasteiger partial charge in [0, 0.05) is 18.5 Å². The Hall–Kier alpha value is -1.58. The van der Waals surface area contributed by atoms with Crippen LogP contribution in [0.25, 0.3) is 0 Å². The van der Waals surface area contributed by atoms with Gasteiger partial charge in [0.15, 0.2) is 0 Å². The molecule has 0 spiro atoms. The number of ether oxygens (including phenoxy) is 1. The third-order valence-electron chi connectivity index (χ3n) is 3.99. The molecule has 1 aliphatic rings. The molecule has 1 heterocycles. The number of aromatic nitrogens is 2. The van der Waals surface area contributed by atoms with Crippen LogP contribution in [0.15, 0.2) is 18.2 Å². The van der Waals surface area contributed by atoms with Crippen LogP contribution in [-0.4, -0.2) is 23.6 Å². The maximum Gasteiger partial charge on any atom is 0.218 e. The first-order valence-electron chi connectivity index (χ1n) is 7.75. The van der Waals surface area contributed by atoms with E-state index >= 15 is 0 Å². The van der Waals surface area contributed by atoms with Crippen molar-refractivity contribution in [3.8, 4) is 5.88 Å². The van der Waals surface area contributed by atoms with Gasteiger partial charge in [-0.1, -0.05) is 39.8 Å². The zero-order valence-corrected chi connectivity index (χ0v) is 13.8. The molecule has 1 aliphatic carbocycles. The largest absolute Gasteiger partial charge is 0.477 e. The Bertz CT molecular complexity index is 505. The summed E-state index contributed by atoms with van der Waals surface area (Å²) in [6.07, 6.45) is 6.76. The van der Waals surface area contributed by atoms with E-state index in [1.807, 2.05) is 13.1 Å². The Labute approximate surface area is 128 Å². The van der Waals surface area contributed by atoms with Gasteiger partial charge < -0.3 is 10.1 Å². The smallest absolute Gasteiger partial charge is 0.218 e. The van der Waals surface area contributed by atoms with E-state index in [1.165, 1.54) is 0 Å². The lowest BCUT2D eigenvalue weighted by molar-refractivity contribution is 0.191. The van der Waals surface area contributed by atoms with Crippen molar-refractivity contribution in [2.45, 2.75) is 46.0 Å². The molecule has 0 saturated carbocycles. The normalized spacial score (nSPS) is 22.1. The van der Waals surface area contributed by atoms with Crippen molar-refractivity contribution < 1.29 is 4.74 Å². The van der Waals surface area contributed by atoms with Crippen LogP contribution in [0.5, 0.6) is 5.88 Å². The van der Waals surface area contributed by atoms with Gasteiger partial charge in [0.05, 0.1) is 6.61 Å². The van der Waals surface area contributed by atoms with Gasteiger partial charge in [-0.05, 0) is 24.7 Å². The van der Waals surface area contributed by atoms with Gasteiger partial charge in [-0.3, -0.25) is 0 Å². The standard InChI is InChI=1S/C17H27N3O/c1-12-8-6-7-9-13(12)11-21-15-10-14(18-5)19-16(20-15)17(2,3)4/h6-7,10,12-13H,8-9,11H2,1-5H3,(H,18,19,20). The fraction of sp³-hybridized carbons (Fsp3) is 0.647. The summed E-state index contributed by atoms with van der Waals surface area (Å²) in [5.74, 6) is 3.52. The molecule has 0 amide bonds. The van der Waals surface area contributed by atoms with Crippen molar-refractivity contribution in [3.63, 3.8) is 0 Å². The molecule has 4 heteroatoms. The van der Waals surface area contributed by atoms with Crippen LogP contribution in [0.2, 0.25) is 0 Å². The lowest BCUT2D eigenvalue weighted by Gasteiger charge is -2.25. The zero-order chi connectivity index (χ0) is 15.5. The van der Waals surface area contributed by atoms with Crippen LogP contribution in [0.3, 0.4) is 0 Å². The zero-order valence-electron chi connectivity index (χ0n) is 13.8. The minimum absolute atomic E-state index is 0.0914. The highest BCUT2D eigenvalue weighted by molar-refractivity contribution is 5.38. The van der Waals surface area contributed by atoms with Crippen LogP contribution >= 0.6 is 0 Å². The first-order chi connectivity index (χ1) is 9.90. The van der Waals surface area contributed by atoms with E-state index in [-0.39, 0.29) is 5.41 Å². The molecule has 2 atom stereocenters. The van der Waals surface area contributed by atoms with E-state index in [9.17, 15) is 0 Å². The van der Waals surface area contributed by atoms with Crippen LogP contribution < -0.4 is 10.1 Å². The second-order valence-electron chi connectivity index (χ2n) is 6.91. The summed E-state index contributed by atoms with van der Waals surface area (Å²) in [6.45, 7) is 9.34. The van der Waals surface area contributed by atoms with E-state index in [0.29, 0.717) is 17.7 Å². The molecule has 1 aromatic heterocycles. The van der Waals surface area contributed by atoms with Crippen LogP contribution in [0, 0.1) is 11.8 Å². The van der Waals surface area contributed by atoms with Crippen molar-refractivity contribution in [1.29, 1.82) is 0 Å². The molecular formula is C17H27N3O. The van der Waals surface area contributed by atoms with E-state index in [2.05, 4.69) is 55.1 Å². The van der Waals surface area contributed by atoms with Crippen molar-refractivity contribution in [2.24, 2.45) is 11.8 Å². The first-order valence-corrected chi connectivity index (χ1v) is 7.75. The van der Waals surface area contributed by atoms with Gasteiger partial charge in [0.25, 0.3) is 0 Å². The molecule has 2 rings (SSSR count). The fourth-order valence-corrected chi connectivity index (χ4v) is 2.39. The molecule has 0 aliphatic heterocycles. The highest BCUT2D eigenvalue weighted by Crippen LogP contribution is 2.27. The predicted molar refractivity (Wildman–Crippen MR) is 86.8 cm³/mol. The van der Waals surface area contributed by atoms with Gasteiger partial charge in [0.2, 0.25) is 5.88 Å². The van der Waals surface area contributed by atoms with Gasteiger partial charge in [-0.2, -0.15) is 4.98 Å². The molecule has 1 aromatic rings. The van der Waals surface area contributed by atoms with Gasteiger partial charge in [0.1, 0.15) is 11.6 Å². The summed E-state index contributed by atoms with van der Waals surface area (Å²) in [5.41, 5.74) is -0.0914. The van der Waals surface area contributed by atoms with Crippen LogP contribution in [0.4, 0.5) is 5.82 Å². The van der Waals surface area contributed by atoms with Crippen molar-refractivity contribution in [3.05, 3.63) is 24.0 Å². The van der Waals surface area contributed by atoms with E-state index in [0.717, 1.165) is 31.1 Å². The lowest BCUT2D eigenvalue weighted by Crippen LogP contribution is -2.22. The quantitative estimate of drug-likeness (QED) is 0.857. The van der Waals surface area contributed by atoms with Crippen molar-refractivity contribution in [2.75, 3.05) is 19.0 Å². The topological polar surface area (TPSA) is 47.0 Å². The molecule has 2 unspecified atom stereocenters. The molecule has 0 saturated heterocycles. The highest BCUT2D eigenvalue weighted by atomic mass is 16.5. The number of anilines is 1. The maximum absolute atomic E-state index is 5.97. The second-order valence-corrected chi connectivity index (χ2v) is 6.91. The second kappa shape index (κ2) is 6.46. The molecule has 21 heavy (non-hydrogen) atoms. The minimum atomic E-state index is -0.0914. The molecule has 116 valence electrons. The summed E-state index contributed by atoms with van der Waals surface area (Å²) in [7, 11) is 1.87. The van der Waals surface area contributed by atoms with Gasteiger partial charge in [-0.25, -0.2) is 4.98 Å². The minimum Gasteiger partial charge on any atom is -0.477 e. The molecule has 0 fully saturated rings. The number of nitrogens with one attached hydrogen (secondary N) is 1. The number of allylic oxidation sites excluding steroid dienone is 2. The third-order valence-corrected chi connectivity index (χ3v) is 3.99. The Morgan fingerprint density at radius 2 is 1.95 bits per heavy atom. The molecular weight excluding hydrogens is 262 g/mol. The Morgan fingerprint density at radius 1 is 1.24 bits per heavy atom. The van der Waals surface area contributed by atoms with Crippen LogP contribution in [-0.2, 0) is 5.41 Å². The van der Waals surface area contributed by atoms with Crippen molar-refractivity contribution in [1.82, 2.24) is 9.97 Å². The van der Waals surface area contributed by atoms with E-state index < -0.39 is 0 Å². The Morgan fingerprint density at radius 3 is 2.57 bits per heavy atom. The molecule has 0 radical (unpaired) electrons. The Kier molecular flexibility index (Phi) is 4.86. The average molecular weight is 289 g/mol. The third kappa shape index (κ3) is 4.19. The number of hydrogen-bond donors (Lipinski definition) is 1. The molecule has 1 N–H and O–H groups in total.